The zero-order valence-electron chi connectivity index (χ0n) is 16.5. The van der Waals surface area contributed by atoms with Gasteiger partial charge in [0.1, 0.15) is 11.3 Å². The molecule has 0 aliphatic heterocycles. The Morgan fingerprint density at radius 2 is 1.90 bits per heavy atom. The van der Waals surface area contributed by atoms with Gasteiger partial charge in [-0.15, -0.1) is 0 Å². The highest BCUT2D eigenvalue weighted by Gasteiger charge is 2.23. The molecule has 0 radical (unpaired) electrons. The van der Waals surface area contributed by atoms with E-state index in [1.165, 1.54) is 23.9 Å². The molecule has 2 aromatic heterocycles. The van der Waals surface area contributed by atoms with E-state index in [2.05, 4.69) is 0 Å². The molecule has 6 nitrogen and oxygen atoms in total. The van der Waals surface area contributed by atoms with E-state index in [0.717, 1.165) is 25.7 Å². The van der Waals surface area contributed by atoms with Crippen molar-refractivity contribution in [3.8, 4) is 5.75 Å². The molecule has 1 saturated carbocycles. The molecule has 2 heterocycles. The first-order valence-corrected chi connectivity index (χ1v) is 11.5. The fourth-order valence-corrected chi connectivity index (χ4v) is 5.43. The second-order valence-electron chi connectivity index (χ2n) is 7.70. The predicted octanol–water partition coefficient (Wildman–Crippen LogP) is 5.27. The van der Waals surface area contributed by atoms with Crippen LogP contribution in [0.2, 0.25) is 5.02 Å². The van der Waals surface area contributed by atoms with Gasteiger partial charge in [0.25, 0.3) is 5.56 Å². The Bertz CT molecular complexity index is 1420. The molecule has 0 atom stereocenters. The molecule has 0 saturated heterocycles. The highest BCUT2D eigenvalue weighted by atomic mass is 35.5. The minimum atomic E-state index is -0.510. The third-order valence-corrected chi connectivity index (χ3v) is 7.02. The average molecular weight is 455 g/mol. The first-order valence-electron chi connectivity index (χ1n) is 10.1. The van der Waals surface area contributed by atoms with Crippen LogP contribution >= 0.6 is 23.4 Å². The smallest absolute Gasteiger partial charge is 0.336 e. The van der Waals surface area contributed by atoms with Crippen LogP contribution < -0.4 is 11.2 Å². The quantitative estimate of drug-likeness (QED) is 0.257. The minimum absolute atomic E-state index is 0.0228. The molecule has 31 heavy (non-hydrogen) atoms. The monoisotopic (exact) mass is 454 g/mol. The van der Waals surface area contributed by atoms with Crippen molar-refractivity contribution in [1.82, 2.24) is 9.55 Å². The van der Waals surface area contributed by atoms with E-state index in [4.69, 9.17) is 21.0 Å². The number of phenols is 1. The van der Waals surface area contributed by atoms with Crippen LogP contribution in [0.3, 0.4) is 0 Å². The summed E-state index contributed by atoms with van der Waals surface area (Å²) in [5.74, 6) is 0.258. The maximum atomic E-state index is 13.3. The van der Waals surface area contributed by atoms with Crippen LogP contribution in [-0.4, -0.2) is 14.7 Å². The zero-order valence-corrected chi connectivity index (χ0v) is 18.1. The maximum absolute atomic E-state index is 13.3. The van der Waals surface area contributed by atoms with E-state index in [9.17, 15) is 14.7 Å². The molecule has 2 aromatic carbocycles. The van der Waals surface area contributed by atoms with Crippen LogP contribution in [0.5, 0.6) is 5.75 Å². The summed E-state index contributed by atoms with van der Waals surface area (Å²) in [6, 6.07) is 11.9. The number of hydrogen-bond acceptors (Lipinski definition) is 6. The first-order chi connectivity index (χ1) is 15.0. The Hall–Kier alpha value is -2.77. The maximum Gasteiger partial charge on any atom is 0.336 e. The van der Waals surface area contributed by atoms with Crippen molar-refractivity contribution >= 4 is 45.2 Å². The fourth-order valence-electron chi connectivity index (χ4n) is 4.21. The lowest BCUT2D eigenvalue weighted by Gasteiger charge is -2.18. The molecule has 5 rings (SSSR count). The van der Waals surface area contributed by atoms with Gasteiger partial charge in [0, 0.05) is 29.3 Å². The number of halogens is 1. The van der Waals surface area contributed by atoms with Crippen LogP contribution in [0.4, 0.5) is 0 Å². The lowest BCUT2D eigenvalue weighted by molar-refractivity contribution is 0.457. The van der Waals surface area contributed by atoms with E-state index in [1.807, 2.05) is 28.8 Å². The predicted molar refractivity (Wildman–Crippen MR) is 122 cm³/mol. The third-order valence-electron chi connectivity index (χ3n) is 5.72. The molecule has 0 spiro atoms. The number of thioether (sulfide) groups is 1. The van der Waals surface area contributed by atoms with Crippen LogP contribution in [-0.2, 0) is 5.75 Å². The van der Waals surface area contributed by atoms with Crippen molar-refractivity contribution in [1.29, 1.82) is 0 Å². The summed E-state index contributed by atoms with van der Waals surface area (Å²) in [7, 11) is 0. The van der Waals surface area contributed by atoms with Crippen molar-refractivity contribution < 1.29 is 9.52 Å². The summed E-state index contributed by atoms with van der Waals surface area (Å²) < 4.78 is 7.04. The molecule has 0 unspecified atom stereocenters. The average Bonchev–Trinajstić information content (AvgIpc) is 3.28. The van der Waals surface area contributed by atoms with Crippen molar-refractivity contribution in [2.75, 3.05) is 0 Å². The van der Waals surface area contributed by atoms with Crippen molar-refractivity contribution in [2.45, 2.75) is 42.6 Å². The molecule has 1 fully saturated rings. The zero-order chi connectivity index (χ0) is 21.5. The van der Waals surface area contributed by atoms with Gasteiger partial charge in [0.05, 0.1) is 15.9 Å². The summed E-state index contributed by atoms with van der Waals surface area (Å²) in [5, 5.41) is 11.9. The number of aromatic hydroxyl groups is 1. The highest BCUT2D eigenvalue weighted by Crippen LogP contribution is 2.35. The number of aromatic nitrogens is 2. The Morgan fingerprint density at radius 3 is 2.71 bits per heavy atom. The summed E-state index contributed by atoms with van der Waals surface area (Å²) in [4.78, 5) is 30.1. The molecule has 4 aromatic rings. The van der Waals surface area contributed by atoms with Crippen molar-refractivity contribution in [3.05, 3.63) is 73.8 Å². The van der Waals surface area contributed by atoms with Crippen LogP contribution in [0, 0.1) is 0 Å². The van der Waals surface area contributed by atoms with Gasteiger partial charge >= 0.3 is 5.63 Å². The summed E-state index contributed by atoms with van der Waals surface area (Å²) in [5.41, 5.74) is 1.10. The second kappa shape index (κ2) is 8.05. The fraction of sp³-hybridized carbons (Fsp3) is 0.261. The normalized spacial score (nSPS) is 14.6. The number of hydrogen-bond donors (Lipinski definition) is 1. The van der Waals surface area contributed by atoms with Gasteiger partial charge in [-0.2, -0.15) is 0 Å². The lowest BCUT2D eigenvalue weighted by Crippen LogP contribution is -2.26. The molecule has 0 bridgehead atoms. The standard InChI is InChI=1S/C23H19ClN2O4S/c24-17-10-16-13(9-21(28)30-20(16)11-19(17)27)12-31-23-25-18-8-4-3-7-15(18)22(29)26(23)14-5-1-2-6-14/h3-4,7-11,14,27H,1-2,5-6,12H2. The van der Waals surface area contributed by atoms with Gasteiger partial charge in [0.15, 0.2) is 5.16 Å². The van der Waals surface area contributed by atoms with E-state index in [0.29, 0.717) is 32.8 Å². The van der Waals surface area contributed by atoms with Gasteiger partial charge < -0.3 is 9.52 Å². The largest absolute Gasteiger partial charge is 0.506 e. The number of fused-ring (bicyclic) bond motifs is 2. The Labute approximate surface area is 186 Å². The third kappa shape index (κ3) is 3.72. The lowest BCUT2D eigenvalue weighted by atomic mass is 10.1. The summed E-state index contributed by atoms with van der Waals surface area (Å²) in [6.45, 7) is 0. The number of benzene rings is 2. The van der Waals surface area contributed by atoms with E-state index >= 15 is 0 Å². The van der Waals surface area contributed by atoms with Crippen LogP contribution in [0.25, 0.3) is 21.9 Å². The molecule has 0 amide bonds. The van der Waals surface area contributed by atoms with Gasteiger partial charge in [-0.05, 0) is 36.6 Å². The number of para-hydroxylation sites is 1. The topological polar surface area (TPSA) is 85.3 Å². The molecule has 1 aliphatic carbocycles. The molecular formula is C23H19ClN2O4S. The van der Waals surface area contributed by atoms with Crippen molar-refractivity contribution in [3.63, 3.8) is 0 Å². The van der Waals surface area contributed by atoms with E-state index < -0.39 is 5.63 Å². The molecule has 1 aliphatic rings. The number of nitrogens with zero attached hydrogens (tertiary/aromatic N) is 2. The number of rotatable bonds is 4. The SMILES string of the molecule is O=c1cc(CSc2nc3ccccc3c(=O)n2C2CCCC2)c2cc(Cl)c(O)cc2o1. The van der Waals surface area contributed by atoms with Gasteiger partial charge in [-0.25, -0.2) is 9.78 Å². The van der Waals surface area contributed by atoms with E-state index in [-0.39, 0.29) is 28.0 Å². The van der Waals surface area contributed by atoms with Gasteiger partial charge in [-0.3, -0.25) is 9.36 Å². The Balaban J connectivity index is 1.60. The number of phenolic OH excluding ortho intramolecular Hbond substituents is 1. The van der Waals surface area contributed by atoms with Gasteiger partial charge in [0.2, 0.25) is 0 Å². The van der Waals surface area contributed by atoms with Crippen molar-refractivity contribution in [2.24, 2.45) is 0 Å². The molecule has 1 N–H and O–H groups in total. The Morgan fingerprint density at radius 1 is 1.13 bits per heavy atom. The van der Waals surface area contributed by atoms with E-state index in [1.54, 1.807) is 6.07 Å². The van der Waals surface area contributed by atoms with Crippen LogP contribution in [0.1, 0.15) is 37.3 Å². The van der Waals surface area contributed by atoms with Gasteiger partial charge in [-0.1, -0.05) is 48.3 Å². The second-order valence-corrected chi connectivity index (χ2v) is 9.05. The molecule has 8 heteroatoms. The first kappa shape index (κ1) is 20.2. The summed E-state index contributed by atoms with van der Waals surface area (Å²) >= 11 is 7.49. The summed E-state index contributed by atoms with van der Waals surface area (Å²) in [6.07, 6.45) is 4.11. The minimum Gasteiger partial charge on any atom is -0.506 e. The molecular weight excluding hydrogens is 436 g/mol. The van der Waals surface area contributed by atoms with Crippen LogP contribution in [0.15, 0.2) is 61.6 Å². The molecule has 158 valence electrons. The Kier molecular flexibility index (Phi) is 5.24. The highest BCUT2D eigenvalue weighted by molar-refractivity contribution is 7.98.